The van der Waals surface area contributed by atoms with Gasteiger partial charge in [0.2, 0.25) is 19.1 Å². The van der Waals surface area contributed by atoms with Gasteiger partial charge < -0.3 is 24.4 Å². The number of carbonyl (C=O) groups excluding carboxylic acids is 2. The van der Waals surface area contributed by atoms with E-state index in [-0.39, 0.29) is 18.5 Å². The molecule has 1 aromatic heterocycles. The van der Waals surface area contributed by atoms with Crippen LogP contribution in [0.4, 0.5) is 5.69 Å². The molecule has 0 radical (unpaired) electrons. The van der Waals surface area contributed by atoms with Gasteiger partial charge in [-0.05, 0) is 72.8 Å². The molecule has 1 aliphatic heterocycles. The first kappa shape index (κ1) is 30.5. The number of fused-ring (bicyclic) bond motifs is 1. The number of hydrogen-bond donors (Lipinski definition) is 1. The van der Waals surface area contributed by atoms with Crippen molar-refractivity contribution in [1.82, 2.24) is 19.7 Å². The second kappa shape index (κ2) is 14.5. The van der Waals surface area contributed by atoms with Gasteiger partial charge in [-0.1, -0.05) is 41.6 Å². The number of carbonyl (C=O) groups is 2. The van der Waals surface area contributed by atoms with E-state index in [1.54, 1.807) is 44.4 Å². The van der Waals surface area contributed by atoms with Crippen LogP contribution in [0, 0.1) is 0 Å². The highest BCUT2D eigenvalue weighted by molar-refractivity contribution is 7.99. The number of thioether (sulfide) groups is 1. The average molecular weight is 630 g/mol. The topological polar surface area (TPSA) is 108 Å². The van der Waals surface area contributed by atoms with Crippen molar-refractivity contribution >= 4 is 41.4 Å². The van der Waals surface area contributed by atoms with Crippen molar-refractivity contribution in [3.8, 4) is 40.1 Å². The first-order chi connectivity index (χ1) is 21.4. The Morgan fingerprint density at radius 1 is 0.955 bits per heavy atom. The molecule has 0 fully saturated rings. The molecule has 0 unspecified atom stereocenters. The summed E-state index contributed by atoms with van der Waals surface area (Å²) in [6.45, 7) is 0.174. The third kappa shape index (κ3) is 7.88. The number of anilines is 1. The molecule has 5 aromatic rings. The van der Waals surface area contributed by atoms with E-state index in [0.29, 0.717) is 38.9 Å². The van der Waals surface area contributed by atoms with Crippen molar-refractivity contribution in [2.75, 3.05) is 32.0 Å². The minimum absolute atomic E-state index is 0.127. The summed E-state index contributed by atoms with van der Waals surface area (Å²) in [4.78, 5) is 23.6. The van der Waals surface area contributed by atoms with Crippen molar-refractivity contribution in [3.63, 3.8) is 0 Å². The fourth-order valence-electron chi connectivity index (χ4n) is 3.97. The minimum Gasteiger partial charge on any atom is -0.457 e. The molecule has 0 spiro atoms. The lowest BCUT2D eigenvalue weighted by molar-refractivity contribution is -0.116. The Hall–Kier alpha value is -5.00. The standard InChI is InChI=1S/C29H21ClN4O4S.C3H7NO/c30-20-8-6-19(7-9-20)28-32-33-29(39-17-27(35)31-21-10-15-25-26(16-21)37-18-36-25)34(28)22-11-13-24(14-12-22)38-23-4-2-1-3-5-23;1-4(2)3-5/h1-16H,17-18H2,(H,31,35);3H,1-2H3. The molecule has 12 heteroatoms. The largest absolute Gasteiger partial charge is 0.457 e. The van der Waals surface area contributed by atoms with Crippen molar-refractivity contribution < 1.29 is 23.8 Å². The van der Waals surface area contributed by atoms with E-state index < -0.39 is 0 Å². The third-order valence-electron chi connectivity index (χ3n) is 6.01. The molecule has 0 saturated heterocycles. The van der Waals surface area contributed by atoms with E-state index in [1.165, 1.54) is 16.7 Å². The zero-order valence-electron chi connectivity index (χ0n) is 23.8. The second-order valence-electron chi connectivity index (χ2n) is 9.53. The van der Waals surface area contributed by atoms with E-state index >= 15 is 0 Å². The Labute approximate surface area is 263 Å². The summed E-state index contributed by atoms with van der Waals surface area (Å²) >= 11 is 7.39. The molecular formula is C32H28ClN5O5S. The fourth-order valence-corrected chi connectivity index (χ4v) is 4.85. The van der Waals surface area contributed by atoms with Crippen LogP contribution >= 0.6 is 23.4 Å². The van der Waals surface area contributed by atoms with Gasteiger partial charge >= 0.3 is 0 Å². The summed E-state index contributed by atoms with van der Waals surface area (Å²) < 4.78 is 18.6. The van der Waals surface area contributed by atoms with Crippen LogP contribution in [0.5, 0.6) is 23.0 Å². The Morgan fingerprint density at radius 2 is 1.64 bits per heavy atom. The first-order valence-electron chi connectivity index (χ1n) is 13.4. The van der Waals surface area contributed by atoms with Crippen LogP contribution in [-0.4, -0.2) is 58.6 Å². The molecule has 2 heterocycles. The molecule has 6 rings (SSSR count). The maximum absolute atomic E-state index is 12.8. The lowest BCUT2D eigenvalue weighted by Gasteiger charge is -2.12. The molecule has 0 aliphatic carbocycles. The maximum Gasteiger partial charge on any atom is 0.234 e. The number of ether oxygens (including phenoxy) is 3. The zero-order chi connectivity index (χ0) is 30.9. The number of halogens is 1. The Bertz CT molecular complexity index is 1710. The normalized spacial score (nSPS) is 11.2. The highest BCUT2D eigenvalue weighted by atomic mass is 35.5. The van der Waals surface area contributed by atoms with Crippen LogP contribution in [0.2, 0.25) is 5.02 Å². The van der Waals surface area contributed by atoms with Gasteiger partial charge in [-0.25, -0.2) is 0 Å². The maximum atomic E-state index is 12.8. The number of hydrogen-bond acceptors (Lipinski definition) is 8. The quantitative estimate of drug-likeness (QED) is 0.145. The lowest BCUT2D eigenvalue weighted by atomic mass is 10.2. The molecule has 1 aliphatic rings. The number of amides is 2. The molecule has 0 bridgehead atoms. The van der Waals surface area contributed by atoms with Gasteiger partial charge in [0.05, 0.1) is 5.75 Å². The Kier molecular flexibility index (Phi) is 10.0. The molecule has 44 heavy (non-hydrogen) atoms. The Morgan fingerprint density at radius 3 is 2.34 bits per heavy atom. The number of rotatable bonds is 9. The number of nitrogens with one attached hydrogen (secondary N) is 1. The molecule has 224 valence electrons. The van der Waals surface area contributed by atoms with Crippen LogP contribution in [0.25, 0.3) is 17.1 Å². The van der Waals surface area contributed by atoms with Gasteiger partial charge in [0.15, 0.2) is 22.5 Å². The molecule has 2 amide bonds. The van der Waals surface area contributed by atoms with Crippen molar-refractivity contribution in [2.45, 2.75) is 5.16 Å². The van der Waals surface area contributed by atoms with Crippen LogP contribution in [-0.2, 0) is 9.59 Å². The van der Waals surface area contributed by atoms with Crippen molar-refractivity contribution in [1.29, 1.82) is 0 Å². The van der Waals surface area contributed by atoms with Crippen molar-refractivity contribution in [2.24, 2.45) is 0 Å². The van der Waals surface area contributed by atoms with E-state index in [4.69, 9.17) is 25.8 Å². The lowest BCUT2D eigenvalue weighted by Crippen LogP contribution is -2.14. The molecule has 10 nitrogen and oxygen atoms in total. The van der Waals surface area contributed by atoms with Gasteiger partial charge in [0.25, 0.3) is 0 Å². The van der Waals surface area contributed by atoms with Gasteiger partial charge in [-0.15, -0.1) is 10.2 Å². The monoisotopic (exact) mass is 629 g/mol. The summed E-state index contributed by atoms with van der Waals surface area (Å²) in [5.74, 6) is 3.28. The zero-order valence-corrected chi connectivity index (χ0v) is 25.4. The van der Waals surface area contributed by atoms with E-state index in [9.17, 15) is 9.59 Å². The van der Waals surface area contributed by atoms with Gasteiger partial charge in [-0.3, -0.25) is 14.2 Å². The van der Waals surface area contributed by atoms with E-state index in [1.807, 2.05) is 71.3 Å². The SMILES string of the molecule is CN(C)C=O.O=C(CSc1nnc(-c2ccc(Cl)cc2)n1-c1ccc(Oc2ccccc2)cc1)Nc1ccc2c(c1)OCO2. The fraction of sp³-hybridized carbons (Fsp3) is 0.125. The van der Waals surface area contributed by atoms with Crippen LogP contribution < -0.4 is 19.5 Å². The number of aromatic nitrogens is 3. The summed E-state index contributed by atoms with van der Waals surface area (Å²) in [5, 5.41) is 12.9. The van der Waals surface area contributed by atoms with E-state index in [2.05, 4.69) is 15.5 Å². The molecule has 1 N–H and O–H groups in total. The predicted molar refractivity (Wildman–Crippen MR) is 170 cm³/mol. The van der Waals surface area contributed by atoms with Gasteiger partial charge in [0.1, 0.15) is 11.5 Å². The first-order valence-corrected chi connectivity index (χ1v) is 14.7. The van der Waals surface area contributed by atoms with Crippen molar-refractivity contribution in [3.05, 3.63) is 102 Å². The molecule has 0 saturated carbocycles. The summed E-state index contributed by atoms with van der Waals surface area (Å²) in [6, 6.07) is 29.9. The highest BCUT2D eigenvalue weighted by Gasteiger charge is 2.19. The smallest absolute Gasteiger partial charge is 0.234 e. The number of nitrogens with zero attached hydrogens (tertiary/aromatic N) is 4. The minimum atomic E-state index is -0.187. The summed E-state index contributed by atoms with van der Waals surface area (Å²) in [5.41, 5.74) is 2.29. The van der Waals surface area contributed by atoms with Crippen LogP contribution in [0.1, 0.15) is 0 Å². The third-order valence-corrected chi connectivity index (χ3v) is 7.19. The molecular weight excluding hydrogens is 602 g/mol. The predicted octanol–water partition coefficient (Wildman–Crippen LogP) is 6.54. The molecule has 4 aromatic carbocycles. The Balaban J connectivity index is 0.000000712. The second-order valence-corrected chi connectivity index (χ2v) is 10.9. The summed E-state index contributed by atoms with van der Waals surface area (Å²) in [7, 11) is 3.38. The van der Waals surface area contributed by atoms with E-state index in [0.717, 1.165) is 23.4 Å². The van der Waals surface area contributed by atoms with Crippen LogP contribution in [0.3, 0.4) is 0 Å². The average Bonchev–Trinajstić information content (AvgIpc) is 3.69. The number of para-hydroxylation sites is 1. The number of benzene rings is 4. The van der Waals surface area contributed by atoms with Gasteiger partial charge in [-0.2, -0.15) is 0 Å². The summed E-state index contributed by atoms with van der Waals surface area (Å²) in [6.07, 6.45) is 0.750. The van der Waals surface area contributed by atoms with Gasteiger partial charge in [0, 0.05) is 42.1 Å². The highest BCUT2D eigenvalue weighted by Crippen LogP contribution is 2.35. The molecule has 0 atom stereocenters. The van der Waals surface area contributed by atoms with Crippen LogP contribution in [0.15, 0.2) is 102 Å².